The van der Waals surface area contributed by atoms with Gasteiger partial charge in [-0.3, -0.25) is 9.59 Å². The Labute approximate surface area is 163 Å². The second-order valence-electron chi connectivity index (χ2n) is 7.56. The number of fused-ring (bicyclic) bond motifs is 1. The van der Waals surface area contributed by atoms with E-state index in [2.05, 4.69) is 55.5 Å². The average molecular weight is 375 g/mol. The van der Waals surface area contributed by atoms with Crippen LogP contribution in [0.3, 0.4) is 0 Å². The minimum atomic E-state index is -0.233. The van der Waals surface area contributed by atoms with Gasteiger partial charge in [0.05, 0.1) is 11.4 Å². The van der Waals surface area contributed by atoms with Crippen LogP contribution in [0.25, 0.3) is 0 Å². The normalized spacial score (nSPS) is 18.3. The third-order valence-electron chi connectivity index (χ3n) is 5.42. The molecule has 2 amide bonds. The van der Waals surface area contributed by atoms with Gasteiger partial charge >= 0.3 is 0 Å². The second-order valence-corrected chi connectivity index (χ2v) is 7.56. The summed E-state index contributed by atoms with van der Waals surface area (Å²) in [5.41, 5.74) is 2.10. The molecule has 1 aliphatic rings. The lowest BCUT2D eigenvalue weighted by Crippen LogP contribution is -2.43. The first-order chi connectivity index (χ1) is 12.9. The number of hydrogen-bond donors (Lipinski definition) is 3. The molecule has 27 heavy (non-hydrogen) atoms. The number of carbonyl (C=O) groups is 2. The fourth-order valence-corrected chi connectivity index (χ4v) is 3.35. The zero-order chi connectivity index (χ0) is 20.0. The lowest BCUT2D eigenvalue weighted by atomic mass is 9.95. The molecule has 0 aliphatic carbocycles. The second kappa shape index (κ2) is 9.74. The van der Waals surface area contributed by atoms with Crippen LogP contribution in [0.5, 0.6) is 0 Å². The fourth-order valence-electron chi connectivity index (χ4n) is 3.35. The predicted octanol–water partition coefficient (Wildman–Crippen LogP) is 3.17. The Morgan fingerprint density at radius 3 is 2.52 bits per heavy atom. The van der Waals surface area contributed by atoms with Crippen molar-refractivity contribution in [2.75, 3.05) is 36.8 Å². The first-order valence-corrected chi connectivity index (χ1v) is 10.1. The summed E-state index contributed by atoms with van der Waals surface area (Å²) in [6.45, 7) is 14.2. The van der Waals surface area contributed by atoms with Crippen LogP contribution in [0.4, 0.5) is 11.4 Å². The summed E-state index contributed by atoms with van der Waals surface area (Å²) in [4.78, 5) is 27.2. The molecule has 0 saturated heterocycles. The topological polar surface area (TPSA) is 73.5 Å². The minimum absolute atomic E-state index is 0.0396. The van der Waals surface area contributed by atoms with Crippen molar-refractivity contribution in [3.05, 3.63) is 23.8 Å². The monoisotopic (exact) mass is 374 g/mol. The number of hydrogen-bond acceptors (Lipinski definition) is 4. The van der Waals surface area contributed by atoms with Crippen molar-refractivity contribution in [3.63, 3.8) is 0 Å². The molecule has 3 atom stereocenters. The van der Waals surface area contributed by atoms with Crippen molar-refractivity contribution >= 4 is 23.2 Å². The Balaban J connectivity index is 1.97. The number of benzene rings is 1. The van der Waals surface area contributed by atoms with Crippen LogP contribution in [0, 0.1) is 11.8 Å². The van der Waals surface area contributed by atoms with Crippen molar-refractivity contribution in [3.8, 4) is 0 Å². The van der Waals surface area contributed by atoms with Gasteiger partial charge in [0.15, 0.2) is 0 Å². The Hall–Kier alpha value is -2.08. The van der Waals surface area contributed by atoms with Crippen molar-refractivity contribution in [2.45, 2.75) is 47.1 Å². The molecule has 3 unspecified atom stereocenters. The van der Waals surface area contributed by atoms with Crippen LogP contribution in [0.1, 0.15) is 51.4 Å². The number of rotatable bonds is 9. The number of anilines is 2. The number of carbonyl (C=O) groups excluding carboxylic acids is 2. The van der Waals surface area contributed by atoms with Gasteiger partial charge in [-0.25, -0.2) is 0 Å². The summed E-state index contributed by atoms with van der Waals surface area (Å²) in [6.07, 6.45) is 0.923. The maximum atomic E-state index is 12.5. The largest absolute Gasteiger partial charge is 0.372 e. The van der Waals surface area contributed by atoms with E-state index < -0.39 is 0 Å². The van der Waals surface area contributed by atoms with Crippen molar-refractivity contribution in [1.82, 2.24) is 10.2 Å². The molecule has 0 spiro atoms. The van der Waals surface area contributed by atoms with Gasteiger partial charge in [0.25, 0.3) is 5.91 Å². The van der Waals surface area contributed by atoms with Crippen LogP contribution in [0.15, 0.2) is 18.2 Å². The highest BCUT2D eigenvalue weighted by Gasteiger charge is 2.29. The highest BCUT2D eigenvalue weighted by atomic mass is 16.2. The molecule has 6 nitrogen and oxygen atoms in total. The average Bonchev–Trinajstić information content (AvgIpc) is 2.68. The van der Waals surface area contributed by atoms with Crippen molar-refractivity contribution in [1.29, 1.82) is 0 Å². The maximum absolute atomic E-state index is 12.5. The van der Waals surface area contributed by atoms with E-state index in [-0.39, 0.29) is 23.8 Å². The molecular formula is C21H34N4O2. The third-order valence-corrected chi connectivity index (χ3v) is 5.42. The third kappa shape index (κ3) is 5.45. The lowest BCUT2D eigenvalue weighted by Gasteiger charge is -2.30. The van der Waals surface area contributed by atoms with Gasteiger partial charge in [0.1, 0.15) is 6.04 Å². The number of nitrogens with one attached hydrogen (secondary N) is 3. The molecule has 6 heteroatoms. The van der Waals surface area contributed by atoms with Gasteiger partial charge in [0.2, 0.25) is 5.91 Å². The molecule has 1 aromatic carbocycles. The van der Waals surface area contributed by atoms with E-state index in [1.165, 1.54) is 0 Å². The zero-order valence-electron chi connectivity index (χ0n) is 17.3. The quantitative estimate of drug-likeness (QED) is 0.621. The fraction of sp³-hybridized carbons (Fsp3) is 0.619. The van der Waals surface area contributed by atoms with Crippen molar-refractivity contribution in [2.24, 2.45) is 11.8 Å². The first-order valence-electron chi connectivity index (χ1n) is 10.1. The van der Waals surface area contributed by atoms with Gasteiger partial charge in [-0.1, -0.05) is 41.0 Å². The first kappa shape index (κ1) is 21.2. The van der Waals surface area contributed by atoms with Crippen LogP contribution < -0.4 is 16.0 Å². The molecule has 3 N–H and O–H groups in total. The van der Waals surface area contributed by atoms with E-state index >= 15 is 0 Å². The molecule has 1 aliphatic heterocycles. The zero-order valence-corrected chi connectivity index (χ0v) is 17.3. The molecule has 0 saturated carbocycles. The van der Waals surface area contributed by atoms with E-state index in [1.807, 2.05) is 6.07 Å². The molecule has 0 radical (unpaired) electrons. The minimum Gasteiger partial charge on any atom is -0.372 e. The SMILES string of the molecule is CCC(C)C1Nc2ccc(C(=O)NCC(C)CN(CC)CC)cc2NC1=O. The lowest BCUT2D eigenvalue weighted by molar-refractivity contribution is -0.118. The molecule has 1 aromatic rings. The summed E-state index contributed by atoms with van der Waals surface area (Å²) in [5, 5.41) is 9.25. The standard InChI is InChI=1S/C21H34N4O2/c1-6-15(5)19-21(27)24-18-11-16(9-10-17(18)23-19)20(26)22-12-14(4)13-25(7-2)8-3/h9-11,14-15,19,23H,6-8,12-13H2,1-5H3,(H,22,26)(H,24,27). The van der Waals surface area contributed by atoms with Gasteiger partial charge in [-0.2, -0.15) is 0 Å². The Kier molecular flexibility index (Phi) is 7.66. The van der Waals surface area contributed by atoms with E-state index in [0.29, 0.717) is 23.7 Å². The number of amides is 2. The Morgan fingerprint density at radius 1 is 1.19 bits per heavy atom. The Bertz CT molecular complexity index is 658. The molecule has 1 heterocycles. The van der Waals surface area contributed by atoms with Crippen LogP contribution in [-0.2, 0) is 4.79 Å². The van der Waals surface area contributed by atoms with Gasteiger partial charge in [0, 0.05) is 18.7 Å². The predicted molar refractivity (Wildman–Crippen MR) is 111 cm³/mol. The van der Waals surface area contributed by atoms with E-state index in [0.717, 1.165) is 31.7 Å². The van der Waals surface area contributed by atoms with Crippen LogP contribution in [-0.4, -0.2) is 48.9 Å². The highest BCUT2D eigenvalue weighted by Crippen LogP contribution is 2.30. The smallest absolute Gasteiger partial charge is 0.251 e. The summed E-state index contributed by atoms with van der Waals surface area (Å²) < 4.78 is 0. The molecule has 150 valence electrons. The summed E-state index contributed by atoms with van der Waals surface area (Å²) >= 11 is 0. The summed E-state index contributed by atoms with van der Waals surface area (Å²) in [7, 11) is 0. The molecular weight excluding hydrogens is 340 g/mol. The maximum Gasteiger partial charge on any atom is 0.251 e. The summed E-state index contributed by atoms with van der Waals surface area (Å²) in [6, 6.07) is 5.19. The molecule has 0 fully saturated rings. The van der Waals surface area contributed by atoms with E-state index in [4.69, 9.17) is 0 Å². The van der Waals surface area contributed by atoms with E-state index in [1.54, 1.807) is 12.1 Å². The van der Waals surface area contributed by atoms with Crippen molar-refractivity contribution < 1.29 is 9.59 Å². The van der Waals surface area contributed by atoms with Crippen LogP contribution >= 0.6 is 0 Å². The summed E-state index contributed by atoms with van der Waals surface area (Å²) in [5.74, 6) is 0.474. The van der Waals surface area contributed by atoms with Gasteiger partial charge < -0.3 is 20.9 Å². The number of nitrogens with zero attached hydrogens (tertiary/aromatic N) is 1. The Morgan fingerprint density at radius 2 is 1.89 bits per heavy atom. The highest BCUT2D eigenvalue weighted by molar-refractivity contribution is 6.05. The van der Waals surface area contributed by atoms with Gasteiger partial charge in [-0.05, 0) is 43.1 Å². The molecule has 2 rings (SSSR count). The van der Waals surface area contributed by atoms with Crippen LogP contribution in [0.2, 0.25) is 0 Å². The molecule has 0 aromatic heterocycles. The molecule has 0 bridgehead atoms. The van der Waals surface area contributed by atoms with E-state index in [9.17, 15) is 9.59 Å². The van der Waals surface area contributed by atoms with Gasteiger partial charge in [-0.15, -0.1) is 0 Å².